The van der Waals surface area contributed by atoms with Gasteiger partial charge in [0.2, 0.25) is 0 Å². The molecule has 3 rings (SSSR count). The summed E-state index contributed by atoms with van der Waals surface area (Å²) < 4.78 is 1.89. The molecule has 3 N–H and O–H groups in total. The predicted molar refractivity (Wildman–Crippen MR) is 87.6 cm³/mol. The Morgan fingerprint density at radius 1 is 1.23 bits per heavy atom. The molecule has 116 valence electrons. The number of hydrogen-bond acceptors (Lipinski definition) is 3. The Labute approximate surface area is 134 Å². The molecule has 1 aromatic heterocycles. The first kappa shape index (κ1) is 14.9. The van der Waals surface area contributed by atoms with Gasteiger partial charge in [0.05, 0.1) is 6.04 Å². The van der Waals surface area contributed by atoms with Crippen LogP contribution in [0.2, 0.25) is 5.02 Å². The molecule has 1 saturated carbocycles. The van der Waals surface area contributed by atoms with Crippen LogP contribution in [0.15, 0.2) is 30.5 Å². The topological polar surface area (TPSA) is 72.9 Å². The number of hydrogen-bond donors (Lipinski definition) is 2. The molecule has 1 heterocycles. The third kappa shape index (κ3) is 3.25. The second-order valence-electron chi connectivity index (χ2n) is 5.66. The second-order valence-corrected chi connectivity index (χ2v) is 6.10. The van der Waals surface area contributed by atoms with Crippen molar-refractivity contribution in [2.75, 3.05) is 5.32 Å². The fraction of sp³-hybridized carbons (Fsp3) is 0.375. The van der Waals surface area contributed by atoms with Crippen LogP contribution in [-0.2, 0) is 0 Å². The first-order chi connectivity index (χ1) is 10.6. The number of primary amides is 1. The lowest BCUT2D eigenvalue weighted by Gasteiger charge is -2.21. The summed E-state index contributed by atoms with van der Waals surface area (Å²) in [5.74, 6) is 0.0268. The fourth-order valence-electron chi connectivity index (χ4n) is 2.87. The molecule has 0 radical (unpaired) electrons. The van der Waals surface area contributed by atoms with E-state index in [0.29, 0.717) is 22.4 Å². The zero-order valence-electron chi connectivity index (χ0n) is 12.3. The van der Waals surface area contributed by atoms with E-state index in [1.54, 1.807) is 18.3 Å². The molecule has 0 aliphatic heterocycles. The molecule has 1 aliphatic rings. The van der Waals surface area contributed by atoms with E-state index >= 15 is 0 Å². The lowest BCUT2D eigenvalue weighted by Crippen LogP contribution is -2.14. The van der Waals surface area contributed by atoms with Crippen LogP contribution < -0.4 is 11.1 Å². The van der Waals surface area contributed by atoms with Crippen LogP contribution in [-0.4, -0.2) is 15.7 Å². The number of nitrogens with one attached hydrogen (secondary N) is 1. The van der Waals surface area contributed by atoms with Crippen molar-refractivity contribution < 1.29 is 4.79 Å². The molecule has 6 heteroatoms. The number of aromatic nitrogens is 2. The third-order valence-corrected chi connectivity index (χ3v) is 4.31. The largest absolute Gasteiger partial charge is 0.365 e. The van der Waals surface area contributed by atoms with Gasteiger partial charge in [-0.15, -0.1) is 0 Å². The molecule has 1 aromatic carbocycles. The highest BCUT2D eigenvalue weighted by Gasteiger charge is 2.20. The number of carbonyl (C=O) groups excluding carboxylic acids is 1. The molecule has 0 bridgehead atoms. The van der Waals surface area contributed by atoms with E-state index in [1.807, 2.05) is 16.8 Å². The van der Waals surface area contributed by atoms with Crippen LogP contribution in [0.5, 0.6) is 0 Å². The lowest BCUT2D eigenvalue weighted by molar-refractivity contribution is 0.100. The minimum absolute atomic E-state index is 0.354. The normalized spacial score (nSPS) is 15.7. The summed E-state index contributed by atoms with van der Waals surface area (Å²) in [5.41, 5.74) is 6.72. The number of nitrogens with two attached hydrogens (primary N) is 1. The molecule has 1 amide bonds. The minimum Gasteiger partial charge on any atom is -0.365 e. The standard InChI is InChI=1S/C16H19ClN4O/c17-11-6-8-12(9-7-11)19-16-14(15(18)22)10-21(20-16)13-4-2-1-3-5-13/h6-10,13H,1-5H2,(H2,18,22)(H,19,20). The molecule has 0 atom stereocenters. The summed E-state index contributed by atoms with van der Waals surface area (Å²) in [5, 5.41) is 8.35. The van der Waals surface area contributed by atoms with Crippen molar-refractivity contribution in [2.45, 2.75) is 38.1 Å². The number of nitrogens with zero attached hydrogens (tertiary/aromatic N) is 2. The average Bonchev–Trinajstić information content (AvgIpc) is 2.95. The predicted octanol–water partition coefficient (Wildman–Crippen LogP) is 3.88. The van der Waals surface area contributed by atoms with Crippen LogP contribution in [0.1, 0.15) is 48.5 Å². The van der Waals surface area contributed by atoms with Crippen molar-refractivity contribution >= 4 is 29.0 Å². The van der Waals surface area contributed by atoms with Gasteiger partial charge in [-0.25, -0.2) is 0 Å². The minimum atomic E-state index is -0.474. The van der Waals surface area contributed by atoms with Gasteiger partial charge in [-0.3, -0.25) is 9.48 Å². The Morgan fingerprint density at radius 2 is 1.91 bits per heavy atom. The van der Waals surface area contributed by atoms with Gasteiger partial charge in [0.15, 0.2) is 5.82 Å². The summed E-state index contributed by atoms with van der Waals surface area (Å²) in [6, 6.07) is 7.60. The third-order valence-electron chi connectivity index (χ3n) is 4.05. The maximum Gasteiger partial charge on any atom is 0.254 e. The Kier molecular flexibility index (Phi) is 4.34. The highest BCUT2D eigenvalue weighted by molar-refractivity contribution is 6.30. The summed E-state index contributed by atoms with van der Waals surface area (Å²) >= 11 is 5.88. The van der Waals surface area contributed by atoms with Crippen LogP contribution in [0.25, 0.3) is 0 Å². The van der Waals surface area contributed by atoms with Crippen LogP contribution in [0.3, 0.4) is 0 Å². The molecule has 0 unspecified atom stereocenters. The zero-order chi connectivity index (χ0) is 15.5. The second kappa shape index (κ2) is 6.40. The highest BCUT2D eigenvalue weighted by atomic mass is 35.5. The number of carbonyl (C=O) groups is 1. The van der Waals surface area contributed by atoms with E-state index in [1.165, 1.54) is 19.3 Å². The van der Waals surface area contributed by atoms with E-state index in [0.717, 1.165) is 18.5 Å². The van der Waals surface area contributed by atoms with Crippen molar-refractivity contribution in [2.24, 2.45) is 5.73 Å². The maximum atomic E-state index is 11.7. The van der Waals surface area contributed by atoms with Crippen LogP contribution in [0.4, 0.5) is 11.5 Å². The van der Waals surface area contributed by atoms with E-state index in [2.05, 4.69) is 10.4 Å². The fourth-order valence-corrected chi connectivity index (χ4v) is 2.99. The van der Waals surface area contributed by atoms with Crippen molar-refractivity contribution in [3.63, 3.8) is 0 Å². The SMILES string of the molecule is NC(=O)c1cn(C2CCCCC2)nc1Nc1ccc(Cl)cc1. The molecule has 5 nitrogen and oxygen atoms in total. The zero-order valence-corrected chi connectivity index (χ0v) is 13.0. The van der Waals surface area contributed by atoms with E-state index in [4.69, 9.17) is 17.3 Å². The number of rotatable bonds is 4. The van der Waals surface area contributed by atoms with Crippen LogP contribution in [0, 0.1) is 0 Å². The highest BCUT2D eigenvalue weighted by Crippen LogP contribution is 2.30. The Morgan fingerprint density at radius 3 is 2.55 bits per heavy atom. The van der Waals surface area contributed by atoms with Crippen molar-refractivity contribution in [1.29, 1.82) is 0 Å². The van der Waals surface area contributed by atoms with Crippen molar-refractivity contribution in [3.05, 3.63) is 41.0 Å². The van der Waals surface area contributed by atoms with Crippen molar-refractivity contribution in [1.82, 2.24) is 9.78 Å². The van der Waals surface area contributed by atoms with Gasteiger partial charge in [-0.1, -0.05) is 30.9 Å². The van der Waals surface area contributed by atoms with Gasteiger partial charge in [-0.05, 0) is 37.1 Å². The van der Waals surface area contributed by atoms with Gasteiger partial charge in [0.1, 0.15) is 5.56 Å². The van der Waals surface area contributed by atoms with E-state index in [-0.39, 0.29) is 0 Å². The monoisotopic (exact) mass is 318 g/mol. The molecule has 1 fully saturated rings. The Balaban J connectivity index is 1.86. The van der Waals surface area contributed by atoms with Gasteiger partial charge in [0.25, 0.3) is 5.91 Å². The molecular weight excluding hydrogens is 300 g/mol. The summed E-state index contributed by atoms with van der Waals surface area (Å²) in [6.45, 7) is 0. The number of anilines is 2. The molecule has 1 aliphatic carbocycles. The lowest BCUT2D eigenvalue weighted by atomic mass is 9.96. The Hall–Kier alpha value is -2.01. The first-order valence-electron chi connectivity index (χ1n) is 7.55. The molecule has 0 saturated heterocycles. The molecule has 2 aromatic rings. The van der Waals surface area contributed by atoms with Gasteiger partial charge in [-0.2, -0.15) is 5.10 Å². The van der Waals surface area contributed by atoms with Gasteiger partial charge < -0.3 is 11.1 Å². The summed E-state index contributed by atoms with van der Waals surface area (Å²) in [4.78, 5) is 11.7. The molecule has 22 heavy (non-hydrogen) atoms. The smallest absolute Gasteiger partial charge is 0.254 e. The maximum absolute atomic E-state index is 11.7. The summed E-state index contributed by atoms with van der Waals surface area (Å²) in [7, 11) is 0. The summed E-state index contributed by atoms with van der Waals surface area (Å²) in [6.07, 6.45) is 7.64. The Bertz CT molecular complexity index is 659. The molecular formula is C16H19ClN4O. The van der Waals surface area contributed by atoms with Gasteiger partial charge >= 0.3 is 0 Å². The van der Waals surface area contributed by atoms with Crippen LogP contribution >= 0.6 is 11.6 Å². The first-order valence-corrected chi connectivity index (χ1v) is 7.93. The van der Waals surface area contributed by atoms with Gasteiger partial charge in [0, 0.05) is 16.9 Å². The van der Waals surface area contributed by atoms with E-state index < -0.39 is 5.91 Å². The van der Waals surface area contributed by atoms with E-state index in [9.17, 15) is 4.79 Å². The molecule has 0 spiro atoms. The van der Waals surface area contributed by atoms with Crippen molar-refractivity contribution in [3.8, 4) is 0 Å². The number of halogens is 1. The average molecular weight is 319 g/mol. The number of benzene rings is 1. The number of amides is 1. The quantitative estimate of drug-likeness (QED) is 0.898.